The van der Waals surface area contributed by atoms with E-state index in [0.717, 1.165) is 43.4 Å². The van der Waals surface area contributed by atoms with Crippen molar-refractivity contribution in [3.8, 4) is 11.5 Å². The number of amides is 1. The van der Waals surface area contributed by atoms with Crippen molar-refractivity contribution in [2.45, 2.75) is 64.5 Å². The highest BCUT2D eigenvalue weighted by atomic mass is 16.3. The van der Waals surface area contributed by atoms with E-state index >= 15 is 0 Å². The summed E-state index contributed by atoms with van der Waals surface area (Å²) >= 11 is 0. The Balaban J connectivity index is 1.39. The first-order valence-corrected chi connectivity index (χ1v) is 10.6. The molecule has 0 spiro atoms. The van der Waals surface area contributed by atoms with Crippen molar-refractivity contribution in [2.75, 3.05) is 0 Å². The molecule has 7 nitrogen and oxygen atoms in total. The van der Waals surface area contributed by atoms with Crippen LogP contribution in [0.5, 0.6) is 0 Å². The van der Waals surface area contributed by atoms with Crippen molar-refractivity contribution < 1.29 is 9.90 Å². The monoisotopic (exact) mass is 407 g/mol. The summed E-state index contributed by atoms with van der Waals surface area (Å²) in [6.45, 7) is 5.66. The lowest BCUT2D eigenvalue weighted by Crippen LogP contribution is -2.38. The quantitative estimate of drug-likeness (QED) is 0.675. The molecule has 1 amide bonds. The molecule has 3 aromatic rings. The number of nitrogens with one attached hydrogen (secondary N) is 1. The highest BCUT2D eigenvalue weighted by Gasteiger charge is 2.27. The summed E-state index contributed by atoms with van der Waals surface area (Å²) in [5.41, 5.74) is 1.48. The molecule has 0 unspecified atom stereocenters. The number of rotatable bonds is 5. The number of pyridine rings is 1. The summed E-state index contributed by atoms with van der Waals surface area (Å²) in [5, 5.41) is 13.1. The number of nitrogens with zero attached hydrogens (tertiary/aromatic N) is 4. The van der Waals surface area contributed by atoms with Crippen LogP contribution in [0.1, 0.15) is 62.1 Å². The third-order valence-corrected chi connectivity index (χ3v) is 5.82. The van der Waals surface area contributed by atoms with Gasteiger partial charge in [0.25, 0.3) is 5.91 Å². The second kappa shape index (κ2) is 8.14. The predicted molar refractivity (Wildman–Crippen MR) is 115 cm³/mol. The molecule has 4 rings (SSSR count). The van der Waals surface area contributed by atoms with Crippen LogP contribution < -0.4 is 5.32 Å². The van der Waals surface area contributed by atoms with Gasteiger partial charge in [-0.15, -0.1) is 0 Å². The Kier molecular flexibility index (Phi) is 5.56. The number of imidazole rings is 1. The van der Waals surface area contributed by atoms with Gasteiger partial charge >= 0.3 is 0 Å². The molecule has 0 atom stereocenters. The molecule has 1 aliphatic carbocycles. The zero-order valence-corrected chi connectivity index (χ0v) is 17.8. The first kappa shape index (κ1) is 20.5. The van der Waals surface area contributed by atoms with E-state index in [1.807, 2.05) is 49.6 Å². The maximum Gasteiger partial charge on any atom is 0.254 e. The third kappa shape index (κ3) is 4.51. The lowest BCUT2D eigenvalue weighted by molar-refractivity contribution is 0.0433. The highest BCUT2D eigenvalue weighted by molar-refractivity contribution is 5.94. The van der Waals surface area contributed by atoms with E-state index in [-0.39, 0.29) is 11.9 Å². The van der Waals surface area contributed by atoms with Crippen LogP contribution in [0, 0.1) is 12.8 Å². The third-order valence-electron chi connectivity index (χ3n) is 5.82. The van der Waals surface area contributed by atoms with Gasteiger partial charge in [0, 0.05) is 24.6 Å². The molecule has 1 saturated carbocycles. The fourth-order valence-corrected chi connectivity index (χ4v) is 4.41. The number of aromatic nitrogens is 4. The van der Waals surface area contributed by atoms with Gasteiger partial charge in [-0.1, -0.05) is 6.07 Å². The second-order valence-corrected chi connectivity index (χ2v) is 8.97. The smallest absolute Gasteiger partial charge is 0.254 e. The molecule has 1 fully saturated rings. The van der Waals surface area contributed by atoms with Crippen LogP contribution in [0.25, 0.3) is 17.0 Å². The Hall–Kier alpha value is -2.80. The molecule has 158 valence electrons. The molecule has 3 heterocycles. The number of aliphatic hydroxyl groups is 1. The lowest BCUT2D eigenvalue weighted by atomic mass is 9.80. The summed E-state index contributed by atoms with van der Waals surface area (Å²) < 4.78 is 1.99. The van der Waals surface area contributed by atoms with E-state index in [2.05, 4.69) is 20.3 Å². The predicted octanol–water partition coefficient (Wildman–Crippen LogP) is 3.55. The second-order valence-electron chi connectivity index (χ2n) is 8.97. The Morgan fingerprint density at radius 2 is 1.90 bits per heavy atom. The minimum Gasteiger partial charge on any atom is -0.390 e. The van der Waals surface area contributed by atoms with Gasteiger partial charge in [-0.2, -0.15) is 0 Å². The van der Waals surface area contributed by atoms with E-state index < -0.39 is 5.60 Å². The van der Waals surface area contributed by atoms with Gasteiger partial charge in [-0.3, -0.25) is 4.79 Å². The van der Waals surface area contributed by atoms with E-state index in [0.29, 0.717) is 23.0 Å². The van der Waals surface area contributed by atoms with Gasteiger partial charge in [0.15, 0.2) is 5.82 Å². The summed E-state index contributed by atoms with van der Waals surface area (Å²) in [4.78, 5) is 26.0. The highest BCUT2D eigenvalue weighted by Crippen LogP contribution is 2.31. The average Bonchev–Trinajstić information content (AvgIpc) is 3.05. The van der Waals surface area contributed by atoms with Crippen LogP contribution in [0.3, 0.4) is 0 Å². The zero-order chi connectivity index (χ0) is 21.3. The molecule has 0 saturated heterocycles. The zero-order valence-electron chi connectivity index (χ0n) is 17.8. The summed E-state index contributed by atoms with van der Waals surface area (Å²) in [6.07, 6.45) is 9.83. The van der Waals surface area contributed by atoms with Crippen molar-refractivity contribution in [3.05, 3.63) is 48.2 Å². The normalized spacial score (nSPS) is 19.7. The van der Waals surface area contributed by atoms with Crippen molar-refractivity contribution >= 4 is 11.4 Å². The number of aryl methyl sites for hydroxylation is 1. The lowest BCUT2D eigenvalue weighted by Gasteiger charge is -2.32. The standard InChI is InChI=1S/C23H29N5O2/c1-15-26-20(19-6-4-5-11-28(15)19)21-24-13-17(14-25-21)22(29)27-18-9-7-16(8-10-18)12-23(2,3)30/h4-6,11,13-14,16,18,30H,7-10,12H2,1-3H3,(H,27,29). The van der Waals surface area contributed by atoms with E-state index in [1.54, 1.807) is 12.4 Å². The molecule has 3 aromatic heterocycles. The minimum atomic E-state index is -0.626. The number of carbonyl (C=O) groups excluding carboxylic acids is 1. The van der Waals surface area contributed by atoms with E-state index in [9.17, 15) is 9.90 Å². The Labute approximate surface area is 176 Å². The fraction of sp³-hybridized carbons (Fsp3) is 0.478. The van der Waals surface area contributed by atoms with E-state index in [1.165, 1.54) is 0 Å². The van der Waals surface area contributed by atoms with Crippen molar-refractivity contribution in [3.63, 3.8) is 0 Å². The summed E-state index contributed by atoms with van der Waals surface area (Å²) in [7, 11) is 0. The first-order chi connectivity index (χ1) is 14.3. The van der Waals surface area contributed by atoms with Gasteiger partial charge in [0.1, 0.15) is 11.5 Å². The Morgan fingerprint density at radius 1 is 1.20 bits per heavy atom. The molecule has 0 radical (unpaired) electrons. The molecule has 0 aromatic carbocycles. The van der Waals surface area contributed by atoms with Gasteiger partial charge in [-0.25, -0.2) is 15.0 Å². The molecule has 2 N–H and O–H groups in total. The summed E-state index contributed by atoms with van der Waals surface area (Å²) in [6, 6.07) is 6.05. The van der Waals surface area contributed by atoms with Crippen molar-refractivity contribution in [2.24, 2.45) is 5.92 Å². The molecule has 30 heavy (non-hydrogen) atoms. The molecule has 0 aliphatic heterocycles. The maximum absolute atomic E-state index is 12.6. The SMILES string of the molecule is Cc1nc(-c2ncc(C(=O)NC3CCC(CC(C)(C)O)CC3)cn2)c2ccccn12. The Bertz CT molecular complexity index is 1030. The number of hydrogen-bond donors (Lipinski definition) is 2. The van der Waals surface area contributed by atoms with Crippen LogP contribution >= 0.6 is 0 Å². The van der Waals surface area contributed by atoms with Crippen LogP contribution in [0.2, 0.25) is 0 Å². The molecule has 7 heteroatoms. The van der Waals surface area contributed by atoms with Gasteiger partial charge in [0.2, 0.25) is 0 Å². The maximum atomic E-state index is 12.6. The summed E-state index contributed by atoms with van der Waals surface area (Å²) in [5.74, 6) is 1.76. The molecular formula is C23H29N5O2. The first-order valence-electron chi connectivity index (χ1n) is 10.6. The van der Waals surface area contributed by atoms with Crippen molar-refractivity contribution in [1.29, 1.82) is 0 Å². The van der Waals surface area contributed by atoms with Crippen LogP contribution in [-0.4, -0.2) is 42.0 Å². The van der Waals surface area contributed by atoms with Crippen LogP contribution in [0.15, 0.2) is 36.8 Å². The fourth-order valence-electron chi connectivity index (χ4n) is 4.41. The van der Waals surface area contributed by atoms with Crippen LogP contribution in [-0.2, 0) is 0 Å². The van der Waals surface area contributed by atoms with Gasteiger partial charge in [0.05, 0.1) is 16.7 Å². The largest absolute Gasteiger partial charge is 0.390 e. The minimum absolute atomic E-state index is 0.140. The van der Waals surface area contributed by atoms with Gasteiger partial charge < -0.3 is 14.8 Å². The van der Waals surface area contributed by atoms with Crippen molar-refractivity contribution in [1.82, 2.24) is 24.7 Å². The van der Waals surface area contributed by atoms with E-state index in [4.69, 9.17) is 0 Å². The average molecular weight is 408 g/mol. The molecule has 1 aliphatic rings. The topological polar surface area (TPSA) is 92.4 Å². The Morgan fingerprint density at radius 3 is 2.57 bits per heavy atom. The number of fused-ring (bicyclic) bond motifs is 1. The molecule has 0 bridgehead atoms. The van der Waals surface area contributed by atoms with Gasteiger partial charge in [-0.05, 0) is 70.9 Å². The number of hydrogen-bond acceptors (Lipinski definition) is 5. The number of carbonyl (C=O) groups is 1. The molecular weight excluding hydrogens is 378 g/mol. The van der Waals surface area contributed by atoms with Crippen LogP contribution in [0.4, 0.5) is 0 Å².